The number of anilines is 1. The molecule has 3 aromatic heterocycles. The molecule has 3 N–H and O–H groups in total. The van der Waals surface area contributed by atoms with Crippen LogP contribution in [0.25, 0.3) is 11.0 Å². The highest BCUT2D eigenvalue weighted by molar-refractivity contribution is 9.10. The highest BCUT2D eigenvalue weighted by Crippen LogP contribution is 2.32. The summed E-state index contributed by atoms with van der Waals surface area (Å²) in [5.41, 5.74) is 3.43. The fraction of sp³-hybridized carbons (Fsp3) is 0.353. The summed E-state index contributed by atoms with van der Waals surface area (Å²) < 4.78 is 1.14. The molecule has 0 spiro atoms. The lowest BCUT2D eigenvalue weighted by Gasteiger charge is -2.05. The van der Waals surface area contributed by atoms with Gasteiger partial charge in [-0.25, -0.2) is 4.98 Å². The minimum Gasteiger partial charge on any atom is -0.356 e. The Balaban J connectivity index is 1.40. The lowest BCUT2D eigenvalue weighted by molar-refractivity contribution is 0.666. The van der Waals surface area contributed by atoms with E-state index in [-0.39, 0.29) is 0 Å². The molecule has 0 aliphatic rings. The Morgan fingerprint density at radius 3 is 3.00 bits per heavy atom. The summed E-state index contributed by atoms with van der Waals surface area (Å²) in [6, 6.07) is 0. The third-order valence-electron chi connectivity index (χ3n) is 3.65. The standard InChI is InChI=1S/C17H19BrN4S2/c1-3-5-14-16(18)11(2)15(24-14)8-19-6-4-7-20-17-21-12-9-23-10-13(12)22-17/h9-10,19H,4,6-8H2,1-2H3,(H2,20,21,22). The van der Waals surface area contributed by atoms with Crippen molar-refractivity contribution >= 4 is 55.6 Å². The van der Waals surface area contributed by atoms with Crippen molar-refractivity contribution in [3.8, 4) is 11.8 Å². The number of hydrogen-bond acceptors (Lipinski definition) is 5. The summed E-state index contributed by atoms with van der Waals surface area (Å²) in [6.07, 6.45) is 1.04. The van der Waals surface area contributed by atoms with E-state index in [4.69, 9.17) is 0 Å². The van der Waals surface area contributed by atoms with Gasteiger partial charge >= 0.3 is 0 Å². The number of nitrogens with zero attached hydrogens (tertiary/aromatic N) is 1. The molecule has 0 bridgehead atoms. The Hall–Kier alpha value is -1.33. The van der Waals surface area contributed by atoms with Gasteiger partial charge < -0.3 is 15.6 Å². The van der Waals surface area contributed by atoms with Crippen LogP contribution in [-0.2, 0) is 6.54 Å². The molecule has 0 atom stereocenters. The van der Waals surface area contributed by atoms with Crippen LogP contribution in [0.1, 0.15) is 28.7 Å². The van der Waals surface area contributed by atoms with Crippen LogP contribution in [-0.4, -0.2) is 23.1 Å². The van der Waals surface area contributed by atoms with Crippen LogP contribution in [0.5, 0.6) is 0 Å². The fourth-order valence-electron chi connectivity index (χ4n) is 2.35. The first kappa shape index (κ1) is 17.5. The highest BCUT2D eigenvalue weighted by Gasteiger charge is 2.10. The van der Waals surface area contributed by atoms with Crippen LogP contribution in [0.4, 0.5) is 5.95 Å². The minimum atomic E-state index is 0.855. The van der Waals surface area contributed by atoms with Gasteiger partial charge in [0.1, 0.15) is 5.52 Å². The summed E-state index contributed by atoms with van der Waals surface area (Å²) >= 11 is 7.06. The SMILES string of the molecule is CC#Cc1sc(CNCCCNc2nc3cscc3[nH]2)c(C)c1Br. The number of fused-ring (bicyclic) bond motifs is 1. The molecule has 7 heteroatoms. The third-order valence-corrected chi connectivity index (χ3v) is 6.84. The largest absolute Gasteiger partial charge is 0.356 e. The maximum absolute atomic E-state index is 4.49. The lowest BCUT2D eigenvalue weighted by Crippen LogP contribution is -2.17. The van der Waals surface area contributed by atoms with E-state index in [2.05, 4.69) is 66.1 Å². The Morgan fingerprint density at radius 2 is 2.21 bits per heavy atom. The molecule has 0 aromatic carbocycles. The number of aromatic nitrogens is 2. The maximum atomic E-state index is 4.49. The van der Waals surface area contributed by atoms with Crippen LogP contribution in [0.15, 0.2) is 15.2 Å². The zero-order valence-corrected chi connectivity index (χ0v) is 16.8. The van der Waals surface area contributed by atoms with E-state index in [0.717, 1.165) is 52.4 Å². The number of rotatable bonds is 7. The molecule has 0 unspecified atom stereocenters. The van der Waals surface area contributed by atoms with Crippen molar-refractivity contribution in [2.45, 2.75) is 26.8 Å². The monoisotopic (exact) mass is 422 g/mol. The van der Waals surface area contributed by atoms with Crippen LogP contribution in [0.3, 0.4) is 0 Å². The van der Waals surface area contributed by atoms with Gasteiger partial charge in [-0.1, -0.05) is 5.92 Å². The van der Waals surface area contributed by atoms with Crippen molar-refractivity contribution in [3.63, 3.8) is 0 Å². The Bertz CT molecular complexity index is 853. The summed E-state index contributed by atoms with van der Waals surface area (Å²) in [6.45, 7) is 6.76. The third kappa shape index (κ3) is 4.01. The van der Waals surface area contributed by atoms with Gasteiger partial charge in [-0.05, 0) is 48.3 Å². The molecule has 4 nitrogen and oxygen atoms in total. The number of thiophene rings is 2. The molecule has 0 amide bonds. The van der Waals surface area contributed by atoms with Gasteiger partial charge in [0.15, 0.2) is 0 Å². The topological polar surface area (TPSA) is 52.7 Å². The van der Waals surface area contributed by atoms with Gasteiger partial charge in [0.25, 0.3) is 0 Å². The summed E-state index contributed by atoms with van der Waals surface area (Å²) in [5, 5.41) is 11.0. The first-order valence-electron chi connectivity index (χ1n) is 7.76. The second-order valence-corrected chi connectivity index (χ2v) is 8.02. The Labute approximate surface area is 158 Å². The molecule has 0 saturated heterocycles. The molecule has 0 radical (unpaired) electrons. The van der Waals surface area contributed by atoms with Crippen LogP contribution in [0, 0.1) is 18.8 Å². The highest BCUT2D eigenvalue weighted by atomic mass is 79.9. The van der Waals surface area contributed by atoms with E-state index in [1.54, 1.807) is 22.7 Å². The van der Waals surface area contributed by atoms with Crippen molar-refractivity contribution < 1.29 is 0 Å². The van der Waals surface area contributed by atoms with E-state index in [9.17, 15) is 0 Å². The molecule has 0 saturated carbocycles. The van der Waals surface area contributed by atoms with Crippen molar-refractivity contribution in [2.24, 2.45) is 0 Å². The van der Waals surface area contributed by atoms with E-state index in [0.29, 0.717) is 0 Å². The normalized spacial score (nSPS) is 10.8. The molecule has 0 aliphatic carbocycles. The van der Waals surface area contributed by atoms with Gasteiger partial charge in [-0.3, -0.25) is 0 Å². The zero-order chi connectivity index (χ0) is 16.9. The number of nitrogens with one attached hydrogen (secondary N) is 3. The predicted molar refractivity (Wildman–Crippen MR) is 108 cm³/mol. The number of imidazole rings is 1. The smallest absolute Gasteiger partial charge is 0.201 e. The number of H-pyrrole nitrogens is 1. The fourth-order valence-corrected chi connectivity index (χ4v) is 4.83. The summed E-state index contributed by atoms with van der Waals surface area (Å²) in [5.74, 6) is 6.97. The molecular weight excluding hydrogens is 404 g/mol. The van der Waals surface area contributed by atoms with E-state index < -0.39 is 0 Å². The van der Waals surface area contributed by atoms with E-state index >= 15 is 0 Å². The molecule has 3 rings (SSSR count). The van der Waals surface area contributed by atoms with Gasteiger partial charge in [-0.15, -0.1) is 28.6 Å². The first-order chi connectivity index (χ1) is 11.7. The summed E-state index contributed by atoms with van der Waals surface area (Å²) in [4.78, 5) is 10.2. The quantitative estimate of drug-likeness (QED) is 0.381. The molecule has 126 valence electrons. The van der Waals surface area contributed by atoms with E-state index in [1.165, 1.54) is 10.4 Å². The number of halogens is 1. The average molecular weight is 423 g/mol. The maximum Gasteiger partial charge on any atom is 0.201 e. The molecule has 24 heavy (non-hydrogen) atoms. The molecule has 0 fully saturated rings. The minimum absolute atomic E-state index is 0.855. The second-order valence-electron chi connectivity index (χ2n) is 5.38. The van der Waals surface area contributed by atoms with Crippen molar-refractivity contribution in [2.75, 3.05) is 18.4 Å². The van der Waals surface area contributed by atoms with Crippen molar-refractivity contribution in [1.29, 1.82) is 0 Å². The lowest BCUT2D eigenvalue weighted by atomic mass is 10.2. The van der Waals surface area contributed by atoms with Gasteiger partial charge in [-0.2, -0.15) is 0 Å². The predicted octanol–water partition coefficient (Wildman–Crippen LogP) is 4.72. The molecular formula is C17H19BrN4S2. The van der Waals surface area contributed by atoms with Crippen molar-refractivity contribution in [1.82, 2.24) is 15.3 Å². The Morgan fingerprint density at radius 1 is 1.33 bits per heavy atom. The van der Waals surface area contributed by atoms with Crippen LogP contribution in [0.2, 0.25) is 0 Å². The number of aromatic amines is 1. The second kappa shape index (κ2) is 8.17. The van der Waals surface area contributed by atoms with E-state index in [1.807, 2.05) is 6.92 Å². The summed E-state index contributed by atoms with van der Waals surface area (Å²) in [7, 11) is 0. The average Bonchev–Trinajstić information content (AvgIpc) is 3.22. The van der Waals surface area contributed by atoms with Gasteiger partial charge in [0.2, 0.25) is 5.95 Å². The van der Waals surface area contributed by atoms with Gasteiger partial charge in [0.05, 0.1) is 10.4 Å². The number of hydrogen-bond donors (Lipinski definition) is 3. The van der Waals surface area contributed by atoms with Crippen LogP contribution < -0.4 is 10.6 Å². The molecule has 3 aromatic rings. The zero-order valence-electron chi connectivity index (χ0n) is 13.6. The van der Waals surface area contributed by atoms with Crippen molar-refractivity contribution in [3.05, 3.63) is 30.6 Å². The first-order valence-corrected chi connectivity index (χ1v) is 10.3. The molecule has 3 heterocycles. The Kier molecular flexibility index (Phi) is 5.95. The van der Waals surface area contributed by atoms with Gasteiger partial charge in [0, 0.05) is 33.2 Å². The molecule has 0 aliphatic heterocycles. The van der Waals surface area contributed by atoms with Crippen LogP contribution >= 0.6 is 38.6 Å².